The summed E-state index contributed by atoms with van der Waals surface area (Å²) in [5.74, 6) is 2.65. The lowest BCUT2D eigenvalue weighted by atomic mass is 10.2. The van der Waals surface area contributed by atoms with Crippen molar-refractivity contribution in [1.29, 1.82) is 0 Å². The second kappa shape index (κ2) is 6.71. The lowest BCUT2D eigenvalue weighted by Crippen LogP contribution is -2.09. The molecule has 0 amide bonds. The Morgan fingerprint density at radius 2 is 1.89 bits per heavy atom. The number of ether oxygens (including phenoxy) is 1. The molecule has 0 bridgehead atoms. The van der Waals surface area contributed by atoms with Crippen LogP contribution in [0.15, 0.2) is 41.1 Å². The lowest BCUT2D eigenvalue weighted by molar-refractivity contribution is 0.414. The summed E-state index contributed by atoms with van der Waals surface area (Å²) in [6.45, 7) is 5.67. The van der Waals surface area contributed by atoms with Crippen LogP contribution in [-0.2, 0) is 0 Å². The molecule has 0 aliphatic heterocycles. The maximum atomic E-state index is 5.53. The van der Waals surface area contributed by atoms with Gasteiger partial charge in [0.25, 0.3) is 5.71 Å². The molecule has 0 spiro atoms. The average molecular weight is 364 g/mol. The number of aryl methyl sites for hydroxylation is 2. The quantitative estimate of drug-likeness (QED) is 0.578. The summed E-state index contributed by atoms with van der Waals surface area (Å²) < 4.78 is 12.6. The molecule has 4 aromatic rings. The van der Waals surface area contributed by atoms with Gasteiger partial charge in [-0.15, -0.1) is 0 Å². The summed E-state index contributed by atoms with van der Waals surface area (Å²) in [6.07, 6.45) is 3.82. The monoisotopic (exact) mass is 364 g/mol. The first-order chi connectivity index (χ1) is 13.0. The molecule has 0 aliphatic carbocycles. The van der Waals surface area contributed by atoms with E-state index >= 15 is 0 Å². The van der Waals surface area contributed by atoms with Crippen LogP contribution in [0.1, 0.15) is 30.2 Å². The van der Waals surface area contributed by atoms with Gasteiger partial charge in [0, 0.05) is 18.7 Å². The summed E-state index contributed by atoms with van der Waals surface area (Å²) in [6, 6.07) is 7.72. The minimum Gasteiger partial charge on any atom is -0.497 e. The fourth-order valence-electron chi connectivity index (χ4n) is 2.86. The van der Waals surface area contributed by atoms with Crippen molar-refractivity contribution in [3.05, 3.63) is 53.9 Å². The number of hydrogen-bond donors (Lipinski definition) is 1. The van der Waals surface area contributed by atoms with Gasteiger partial charge in [-0.05, 0) is 38.1 Å². The number of fused-ring (bicyclic) bond motifs is 1. The van der Waals surface area contributed by atoms with Crippen molar-refractivity contribution < 1.29 is 9.15 Å². The van der Waals surface area contributed by atoms with Gasteiger partial charge in [-0.25, -0.2) is 14.6 Å². The number of nitrogens with one attached hydrogen (secondary N) is 1. The maximum Gasteiger partial charge on any atom is 0.252 e. The van der Waals surface area contributed by atoms with Crippen LogP contribution in [-0.4, -0.2) is 31.8 Å². The molecule has 1 atom stereocenters. The van der Waals surface area contributed by atoms with E-state index in [1.807, 2.05) is 55.2 Å². The van der Waals surface area contributed by atoms with Gasteiger partial charge in [-0.3, -0.25) is 0 Å². The zero-order chi connectivity index (χ0) is 19.0. The van der Waals surface area contributed by atoms with Crippen LogP contribution in [0.5, 0.6) is 5.75 Å². The smallest absolute Gasteiger partial charge is 0.252 e. The van der Waals surface area contributed by atoms with Crippen LogP contribution in [0, 0.1) is 13.8 Å². The first-order valence-corrected chi connectivity index (χ1v) is 8.61. The van der Waals surface area contributed by atoms with E-state index in [4.69, 9.17) is 9.15 Å². The highest BCUT2D eigenvalue weighted by molar-refractivity contribution is 5.81. The van der Waals surface area contributed by atoms with Crippen LogP contribution >= 0.6 is 0 Å². The summed E-state index contributed by atoms with van der Waals surface area (Å²) in [4.78, 5) is 13.1. The van der Waals surface area contributed by atoms with Crippen LogP contribution in [0.4, 0.5) is 5.82 Å². The van der Waals surface area contributed by atoms with E-state index < -0.39 is 0 Å². The van der Waals surface area contributed by atoms with Gasteiger partial charge >= 0.3 is 0 Å². The van der Waals surface area contributed by atoms with E-state index in [2.05, 4.69) is 25.4 Å². The highest BCUT2D eigenvalue weighted by Crippen LogP contribution is 2.25. The van der Waals surface area contributed by atoms with Gasteiger partial charge in [0.1, 0.15) is 11.6 Å². The second-order valence-electron chi connectivity index (χ2n) is 6.29. The Labute approximate surface area is 156 Å². The van der Waals surface area contributed by atoms with E-state index in [9.17, 15) is 0 Å². The Morgan fingerprint density at radius 3 is 2.63 bits per heavy atom. The molecule has 27 heavy (non-hydrogen) atoms. The van der Waals surface area contributed by atoms with Crippen LogP contribution < -0.4 is 10.1 Å². The molecule has 0 fully saturated rings. The third kappa shape index (κ3) is 3.33. The Bertz CT molecular complexity index is 1080. The molecule has 1 N–H and O–H groups in total. The van der Waals surface area contributed by atoms with E-state index in [1.54, 1.807) is 14.0 Å². The molecule has 0 radical (unpaired) electrons. The zero-order valence-corrected chi connectivity index (χ0v) is 15.6. The van der Waals surface area contributed by atoms with Crippen LogP contribution in [0.25, 0.3) is 16.9 Å². The summed E-state index contributed by atoms with van der Waals surface area (Å²) >= 11 is 0. The first kappa shape index (κ1) is 17.0. The average Bonchev–Trinajstić information content (AvgIpc) is 3.28. The Balaban J connectivity index is 1.59. The molecular formula is C19H20N6O2. The number of rotatable bonds is 5. The van der Waals surface area contributed by atoms with Crippen molar-refractivity contribution >= 4 is 17.0 Å². The number of methoxy groups -OCH3 is 1. The Morgan fingerprint density at radius 1 is 1.11 bits per heavy atom. The normalized spacial score (nSPS) is 12.3. The molecule has 0 saturated carbocycles. The number of oxazole rings is 1. The van der Waals surface area contributed by atoms with Gasteiger partial charge < -0.3 is 14.5 Å². The summed E-state index contributed by atoms with van der Waals surface area (Å²) in [5, 5.41) is 7.85. The molecule has 138 valence electrons. The van der Waals surface area contributed by atoms with Gasteiger partial charge in [0.2, 0.25) is 0 Å². The van der Waals surface area contributed by atoms with E-state index in [-0.39, 0.29) is 6.04 Å². The Hall–Kier alpha value is -3.42. The first-order valence-electron chi connectivity index (χ1n) is 8.61. The van der Waals surface area contributed by atoms with E-state index in [1.165, 1.54) is 0 Å². The van der Waals surface area contributed by atoms with Crippen molar-refractivity contribution in [3.8, 4) is 11.4 Å². The number of aromatic nitrogens is 5. The molecule has 8 nitrogen and oxygen atoms in total. The molecule has 3 aromatic heterocycles. The standard InChI is InChI=1S/C19H20N6O2/c1-11(21-18-17-19(23-12(2)22-18)27-13(3)24-17)14-9-20-25(10-14)15-5-7-16(26-4)8-6-15/h5-11H,1-4H3,(H,21,22,23)/t11-/m1/s1. The number of benzene rings is 1. The third-order valence-electron chi connectivity index (χ3n) is 4.27. The minimum atomic E-state index is -0.0218. The lowest BCUT2D eigenvalue weighted by Gasteiger charge is -2.13. The zero-order valence-electron chi connectivity index (χ0n) is 15.6. The van der Waals surface area contributed by atoms with Crippen molar-refractivity contribution in [2.75, 3.05) is 12.4 Å². The second-order valence-corrected chi connectivity index (χ2v) is 6.29. The number of nitrogens with zero attached hydrogens (tertiary/aromatic N) is 5. The van der Waals surface area contributed by atoms with Crippen LogP contribution in [0.3, 0.4) is 0 Å². The molecule has 0 aliphatic rings. The molecular weight excluding hydrogens is 344 g/mol. The Kier molecular flexibility index (Phi) is 4.23. The predicted octanol–water partition coefficient (Wildman–Crippen LogP) is 3.60. The van der Waals surface area contributed by atoms with Crippen molar-refractivity contribution in [1.82, 2.24) is 24.7 Å². The SMILES string of the molecule is COc1ccc(-n2cc([C@@H](C)Nc3nc(C)nc4oc(C)nc34)cn2)cc1. The van der Waals surface area contributed by atoms with E-state index in [0.717, 1.165) is 17.0 Å². The molecule has 0 saturated heterocycles. The highest BCUT2D eigenvalue weighted by Gasteiger charge is 2.16. The number of anilines is 1. The summed E-state index contributed by atoms with van der Waals surface area (Å²) in [7, 11) is 1.65. The molecule has 1 aromatic carbocycles. The molecule has 4 rings (SSSR count). The van der Waals surface area contributed by atoms with Crippen molar-refractivity contribution in [2.45, 2.75) is 26.8 Å². The fraction of sp³-hybridized carbons (Fsp3) is 0.263. The van der Waals surface area contributed by atoms with Crippen molar-refractivity contribution in [2.24, 2.45) is 0 Å². The number of hydrogen-bond acceptors (Lipinski definition) is 7. The topological polar surface area (TPSA) is 90.9 Å². The largest absolute Gasteiger partial charge is 0.497 e. The van der Waals surface area contributed by atoms with E-state index in [0.29, 0.717) is 28.8 Å². The highest BCUT2D eigenvalue weighted by atomic mass is 16.5. The van der Waals surface area contributed by atoms with Crippen LogP contribution in [0.2, 0.25) is 0 Å². The third-order valence-corrected chi connectivity index (χ3v) is 4.27. The molecule has 0 unspecified atom stereocenters. The van der Waals surface area contributed by atoms with Gasteiger partial charge in [0.05, 0.1) is 25.0 Å². The minimum absolute atomic E-state index is 0.0218. The maximum absolute atomic E-state index is 5.53. The summed E-state index contributed by atoms with van der Waals surface area (Å²) in [5.41, 5.74) is 3.10. The van der Waals surface area contributed by atoms with Gasteiger partial charge in [-0.1, -0.05) is 0 Å². The van der Waals surface area contributed by atoms with Gasteiger partial charge in [-0.2, -0.15) is 10.1 Å². The molecule has 3 heterocycles. The predicted molar refractivity (Wildman–Crippen MR) is 101 cm³/mol. The van der Waals surface area contributed by atoms with Crippen molar-refractivity contribution in [3.63, 3.8) is 0 Å². The van der Waals surface area contributed by atoms with Gasteiger partial charge in [0.15, 0.2) is 17.2 Å². The fourth-order valence-corrected chi connectivity index (χ4v) is 2.86. The molecule has 8 heteroatoms.